The van der Waals surface area contributed by atoms with Gasteiger partial charge in [-0.25, -0.2) is 0 Å². The lowest BCUT2D eigenvalue weighted by atomic mass is 10.2. The second kappa shape index (κ2) is 7.07. The van der Waals surface area contributed by atoms with Crippen LogP contribution in [-0.4, -0.2) is 23.1 Å². The number of hydrogen-bond acceptors (Lipinski definition) is 3. The Balaban J connectivity index is 0.000000247. The smallest absolute Gasteiger partial charge is 0.235 e. The van der Waals surface area contributed by atoms with E-state index in [9.17, 15) is 10.1 Å². The van der Waals surface area contributed by atoms with Crippen molar-refractivity contribution in [3.8, 4) is 0 Å². The SMILES string of the molecule is C1CCOC1.O=[N+]([O-])C=Cc1c[nH]c2ccc(Cl)cc12. The fourth-order valence-electron chi connectivity index (χ4n) is 1.90. The van der Waals surface area contributed by atoms with E-state index in [0.717, 1.165) is 35.9 Å². The molecule has 0 unspecified atom stereocenters. The van der Waals surface area contributed by atoms with Crippen molar-refractivity contribution in [2.24, 2.45) is 0 Å². The van der Waals surface area contributed by atoms with Gasteiger partial charge in [-0.15, -0.1) is 0 Å². The van der Waals surface area contributed by atoms with Gasteiger partial charge in [0.15, 0.2) is 0 Å². The number of aromatic nitrogens is 1. The van der Waals surface area contributed by atoms with Crippen LogP contribution in [-0.2, 0) is 4.74 Å². The number of halogens is 1. The topological polar surface area (TPSA) is 68.2 Å². The Bertz CT molecular complexity index is 610. The second-order valence-corrected chi connectivity index (χ2v) is 4.79. The maximum Gasteiger partial charge on any atom is 0.235 e. The van der Waals surface area contributed by atoms with Crippen molar-refractivity contribution in [2.75, 3.05) is 13.2 Å². The third kappa shape index (κ3) is 4.08. The minimum atomic E-state index is -0.497. The lowest BCUT2D eigenvalue weighted by molar-refractivity contribution is -0.400. The van der Waals surface area contributed by atoms with Gasteiger partial charge in [0.2, 0.25) is 6.20 Å². The molecule has 5 nitrogen and oxygen atoms in total. The molecule has 6 heteroatoms. The van der Waals surface area contributed by atoms with Crippen LogP contribution in [0.5, 0.6) is 0 Å². The van der Waals surface area contributed by atoms with Crippen molar-refractivity contribution in [1.82, 2.24) is 4.98 Å². The van der Waals surface area contributed by atoms with E-state index in [-0.39, 0.29) is 0 Å². The van der Waals surface area contributed by atoms with E-state index in [1.165, 1.54) is 18.9 Å². The molecular formula is C14H15ClN2O3. The summed E-state index contributed by atoms with van der Waals surface area (Å²) in [6, 6.07) is 5.37. The highest BCUT2D eigenvalue weighted by molar-refractivity contribution is 6.31. The van der Waals surface area contributed by atoms with Crippen LogP contribution in [0, 0.1) is 10.1 Å². The Kier molecular flexibility index (Phi) is 5.15. The normalized spacial score (nSPS) is 14.4. The molecule has 3 rings (SSSR count). The number of nitrogens with zero attached hydrogens (tertiary/aromatic N) is 1. The zero-order valence-corrected chi connectivity index (χ0v) is 11.6. The van der Waals surface area contributed by atoms with E-state index < -0.39 is 4.92 Å². The van der Waals surface area contributed by atoms with Crippen molar-refractivity contribution in [2.45, 2.75) is 12.8 Å². The van der Waals surface area contributed by atoms with Gasteiger partial charge in [-0.3, -0.25) is 10.1 Å². The Hall–Kier alpha value is -1.85. The molecule has 0 saturated carbocycles. The van der Waals surface area contributed by atoms with E-state index in [1.54, 1.807) is 18.3 Å². The van der Waals surface area contributed by atoms with Crippen LogP contribution in [0.4, 0.5) is 0 Å². The quantitative estimate of drug-likeness (QED) is 0.675. The largest absolute Gasteiger partial charge is 0.381 e. The number of aromatic amines is 1. The monoisotopic (exact) mass is 294 g/mol. The van der Waals surface area contributed by atoms with Crippen LogP contribution >= 0.6 is 11.6 Å². The number of hydrogen-bond donors (Lipinski definition) is 1. The van der Waals surface area contributed by atoms with Crippen LogP contribution in [0.25, 0.3) is 17.0 Å². The van der Waals surface area contributed by atoms with Crippen molar-refractivity contribution in [3.05, 3.63) is 51.3 Å². The molecule has 2 heterocycles. The predicted molar refractivity (Wildman–Crippen MR) is 79.4 cm³/mol. The van der Waals surface area contributed by atoms with E-state index in [1.807, 2.05) is 6.07 Å². The summed E-state index contributed by atoms with van der Waals surface area (Å²) in [5, 5.41) is 11.7. The standard InChI is InChI=1S/C10H7ClN2O2.C4H8O/c11-8-1-2-10-9(5-8)7(6-12-10)3-4-13(14)15;1-2-4-5-3-1/h1-6,12H;1-4H2. The van der Waals surface area contributed by atoms with E-state index >= 15 is 0 Å². The minimum Gasteiger partial charge on any atom is -0.381 e. The number of rotatable bonds is 2. The van der Waals surface area contributed by atoms with Gasteiger partial charge >= 0.3 is 0 Å². The first kappa shape index (κ1) is 14.6. The average Bonchev–Trinajstić information content (AvgIpc) is 3.09. The second-order valence-electron chi connectivity index (χ2n) is 4.35. The molecule has 1 aromatic carbocycles. The summed E-state index contributed by atoms with van der Waals surface area (Å²) < 4.78 is 4.94. The van der Waals surface area contributed by atoms with Gasteiger partial charge in [-0.05, 0) is 31.0 Å². The summed E-state index contributed by atoms with van der Waals surface area (Å²) in [6.07, 6.45) is 6.61. The molecule has 0 aliphatic carbocycles. The lowest BCUT2D eigenvalue weighted by Crippen LogP contribution is -1.81. The first-order valence-electron chi connectivity index (χ1n) is 6.33. The molecule has 0 amide bonds. The summed E-state index contributed by atoms with van der Waals surface area (Å²) in [6.45, 7) is 2.00. The number of nitrogens with one attached hydrogen (secondary N) is 1. The van der Waals surface area contributed by atoms with Gasteiger partial charge < -0.3 is 9.72 Å². The average molecular weight is 295 g/mol. The molecule has 1 fully saturated rings. The zero-order valence-electron chi connectivity index (χ0n) is 10.8. The predicted octanol–water partition coefficient (Wildman–Crippen LogP) is 3.87. The first-order chi connectivity index (χ1) is 9.66. The molecule has 0 spiro atoms. The van der Waals surface area contributed by atoms with Gasteiger partial charge in [-0.1, -0.05) is 11.6 Å². The summed E-state index contributed by atoms with van der Waals surface area (Å²) >= 11 is 5.84. The number of fused-ring (bicyclic) bond motifs is 1. The molecule has 1 saturated heterocycles. The molecular weight excluding hydrogens is 280 g/mol. The molecule has 106 valence electrons. The molecule has 20 heavy (non-hydrogen) atoms. The van der Waals surface area contributed by atoms with E-state index in [0.29, 0.717) is 5.02 Å². The zero-order chi connectivity index (χ0) is 14.4. The third-order valence-electron chi connectivity index (χ3n) is 2.88. The number of nitro groups is 1. The van der Waals surface area contributed by atoms with Gasteiger partial charge in [0.1, 0.15) is 0 Å². The minimum absolute atomic E-state index is 0.497. The van der Waals surface area contributed by atoms with Crippen molar-refractivity contribution in [3.63, 3.8) is 0 Å². The Morgan fingerprint density at radius 1 is 1.35 bits per heavy atom. The molecule has 1 N–H and O–H groups in total. The van der Waals surface area contributed by atoms with Gasteiger partial charge in [0, 0.05) is 47.0 Å². The maximum atomic E-state index is 10.2. The van der Waals surface area contributed by atoms with Crippen LogP contribution in [0.15, 0.2) is 30.6 Å². The molecule has 1 aromatic heterocycles. The third-order valence-corrected chi connectivity index (χ3v) is 3.11. The Morgan fingerprint density at radius 2 is 2.10 bits per heavy atom. The highest BCUT2D eigenvalue weighted by Gasteiger charge is 2.02. The molecule has 0 radical (unpaired) electrons. The highest BCUT2D eigenvalue weighted by atomic mass is 35.5. The molecule has 0 bridgehead atoms. The van der Waals surface area contributed by atoms with Crippen molar-refractivity contribution < 1.29 is 9.66 Å². The van der Waals surface area contributed by atoms with E-state index in [2.05, 4.69) is 4.98 Å². The summed E-state index contributed by atoms with van der Waals surface area (Å²) in [7, 11) is 0. The summed E-state index contributed by atoms with van der Waals surface area (Å²) in [5.74, 6) is 0. The Labute approximate surface area is 121 Å². The number of H-pyrrole nitrogens is 1. The van der Waals surface area contributed by atoms with Crippen molar-refractivity contribution >= 4 is 28.6 Å². The number of ether oxygens (including phenoxy) is 1. The molecule has 1 aliphatic heterocycles. The first-order valence-corrected chi connectivity index (χ1v) is 6.71. The maximum absolute atomic E-state index is 10.2. The van der Waals surface area contributed by atoms with Crippen LogP contribution in [0.3, 0.4) is 0 Å². The summed E-state index contributed by atoms with van der Waals surface area (Å²) in [4.78, 5) is 12.7. The molecule has 0 atom stereocenters. The van der Waals surface area contributed by atoms with Gasteiger partial charge in [0.05, 0.1) is 4.92 Å². The lowest BCUT2D eigenvalue weighted by Gasteiger charge is -1.92. The molecule has 2 aromatic rings. The highest BCUT2D eigenvalue weighted by Crippen LogP contribution is 2.23. The fourth-order valence-corrected chi connectivity index (χ4v) is 2.08. The van der Waals surface area contributed by atoms with Crippen LogP contribution in [0.2, 0.25) is 5.02 Å². The number of benzene rings is 1. The summed E-state index contributed by atoms with van der Waals surface area (Å²) in [5.41, 5.74) is 1.66. The van der Waals surface area contributed by atoms with Crippen LogP contribution < -0.4 is 0 Å². The van der Waals surface area contributed by atoms with Gasteiger partial charge in [-0.2, -0.15) is 0 Å². The van der Waals surface area contributed by atoms with Gasteiger partial charge in [0.25, 0.3) is 0 Å². The fraction of sp³-hybridized carbons (Fsp3) is 0.286. The Morgan fingerprint density at radius 3 is 2.70 bits per heavy atom. The van der Waals surface area contributed by atoms with Crippen LogP contribution in [0.1, 0.15) is 18.4 Å². The molecule has 1 aliphatic rings. The van der Waals surface area contributed by atoms with Crippen molar-refractivity contribution in [1.29, 1.82) is 0 Å². The van der Waals surface area contributed by atoms with E-state index in [4.69, 9.17) is 16.3 Å².